The number of benzene rings is 1. The quantitative estimate of drug-likeness (QED) is 0.269. The number of carbonyl (C=O) groups excluding carboxylic acids is 2. The lowest BCUT2D eigenvalue weighted by atomic mass is 9.95. The van der Waals surface area contributed by atoms with Crippen molar-refractivity contribution in [3.8, 4) is 0 Å². The van der Waals surface area contributed by atoms with Crippen molar-refractivity contribution in [1.29, 1.82) is 0 Å². The van der Waals surface area contributed by atoms with Crippen LogP contribution in [0, 0.1) is 12.8 Å². The van der Waals surface area contributed by atoms with Crippen molar-refractivity contribution in [2.24, 2.45) is 5.92 Å². The number of rotatable bonds is 15. The van der Waals surface area contributed by atoms with Gasteiger partial charge in [0.25, 0.3) is 0 Å². The predicted octanol–water partition coefficient (Wildman–Crippen LogP) is 5.44. The van der Waals surface area contributed by atoms with E-state index in [2.05, 4.69) is 6.92 Å². The summed E-state index contributed by atoms with van der Waals surface area (Å²) in [5, 5.41) is 0. The van der Waals surface area contributed by atoms with E-state index < -0.39 is 27.8 Å². The monoisotopic (exact) mass is 438 g/mol. The summed E-state index contributed by atoms with van der Waals surface area (Å²) in [5.41, 5.74) is 0.963. The van der Waals surface area contributed by atoms with Gasteiger partial charge in [0.05, 0.1) is 16.6 Å². The van der Waals surface area contributed by atoms with Crippen LogP contribution < -0.4 is 0 Å². The molecule has 0 unspecified atom stereocenters. The minimum Gasteiger partial charge on any atom is -0.462 e. The molecule has 6 heteroatoms. The summed E-state index contributed by atoms with van der Waals surface area (Å²) in [4.78, 5) is 24.4. The van der Waals surface area contributed by atoms with E-state index in [1.54, 1.807) is 31.2 Å². The molecule has 0 N–H and O–H groups in total. The fourth-order valence-corrected chi connectivity index (χ4v) is 5.20. The number of carbonyl (C=O) groups is 2. The molecule has 1 rings (SSSR count). The molecule has 1 aromatic carbocycles. The van der Waals surface area contributed by atoms with Gasteiger partial charge in [-0.3, -0.25) is 9.59 Å². The van der Waals surface area contributed by atoms with Crippen LogP contribution in [0.1, 0.15) is 84.1 Å². The maximum atomic E-state index is 12.9. The average Bonchev–Trinajstić information content (AvgIpc) is 2.67. The standard InChI is InChI=1S/C24H38O5S/c1-5-6-7-8-9-10-11-12-13-24(26)23(20(3)29-21(4)25)18-30(27,28)22-16-14-19(2)15-17-22/h14-17,20,23H,5-13,18H2,1-4H3/t20-,23-/m0/s1. The molecule has 0 radical (unpaired) electrons. The molecule has 170 valence electrons. The summed E-state index contributed by atoms with van der Waals surface area (Å²) >= 11 is 0. The first kappa shape index (κ1) is 26.3. The summed E-state index contributed by atoms with van der Waals surface area (Å²) in [6, 6.07) is 6.59. The van der Waals surface area contributed by atoms with E-state index >= 15 is 0 Å². The third kappa shape index (κ3) is 9.88. The van der Waals surface area contributed by atoms with Gasteiger partial charge in [-0.15, -0.1) is 0 Å². The Morgan fingerprint density at radius 1 is 0.933 bits per heavy atom. The van der Waals surface area contributed by atoms with Crippen molar-refractivity contribution in [1.82, 2.24) is 0 Å². The lowest BCUT2D eigenvalue weighted by Crippen LogP contribution is -2.35. The van der Waals surface area contributed by atoms with Crippen molar-refractivity contribution in [2.45, 2.75) is 96.5 Å². The second-order valence-corrected chi connectivity index (χ2v) is 10.2. The highest BCUT2D eigenvalue weighted by Gasteiger charge is 2.32. The van der Waals surface area contributed by atoms with Crippen LogP contribution in [0.4, 0.5) is 0 Å². The van der Waals surface area contributed by atoms with Crippen molar-refractivity contribution >= 4 is 21.6 Å². The zero-order valence-electron chi connectivity index (χ0n) is 19.0. The van der Waals surface area contributed by atoms with Gasteiger partial charge in [-0.05, 0) is 32.4 Å². The summed E-state index contributed by atoms with van der Waals surface area (Å²) in [6.07, 6.45) is 8.46. The van der Waals surface area contributed by atoms with Gasteiger partial charge in [-0.2, -0.15) is 0 Å². The molecule has 0 fully saturated rings. The number of hydrogen-bond donors (Lipinski definition) is 0. The van der Waals surface area contributed by atoms with Gasteiger partial charge in [0.2, 0.25) is 0 Å². The molecule has 0 aliphatic carbocycles. The highest BCUT2D eigenvalue weighted by Crippen LogP contribution is 2.22. The molecule has 0 spiro atoms. The van der Waals surface area contributed by atoms with E-state index in [0.29, 0.717) is 6.42 Å². The van der Waals surface area contributed by atoms with E-state index in [-0.39, 0.29) is 16.4 Å². The van der Waals surface area contributed by atoms with E-state index in [0.717, 1.165) is 24.8 Å². The Balaban J connectivity index is 2.69. The molecule has 0 saturated heterocycles. The molecular formula is C24H38O5S. The smallest absolute Gasteiger partial charge is 0.302 e. The maximum Gasteiger partial charge on any atom is 0.302 e. The molecule has 5 nitrogen and oxygen atoms in total. The molecule has 0 amide bonds. The molecule has 2 atom stereocenters. The fraction of sp³-hybridized carbons (Fsp3) is 0.667. The third-order valence-electron chi connectivity index (χ3n) is 5.39. The topological polar surface area (TPSA) is 77.5 Å². The minimum atomic E-state index is -3.66. The maximum absolute atomic E-state index is 12.9. The van der Waals surface area contributed by atoms with E-state index in [1.165, 1.54) is 39.0 Å². The lowest BCUT2D eigenvalue weighted by molar-refractivity contribution is -0.149. The molecule has 0 aliphatic rings. The van der Waals surface area contributed by atoms with Crippen molar-refractivity contribution < 1.29 is 22.7 Å². The van der Waals surface area contributed by atoms with Crippen LogP contribution in [0.3, 0.4) is 0 Å². The van der Waals surface area contributed by atoms with E-state index in [9.17, 15) is 18.0 Å². The molecule has 0 saturated carbocycles. The van der Waals surface area contributed by atoms with Crippen LogP contribution in [-0.2, 0) is 24.2 Å². The van der Waals surface area contributed by atoms with Crippen molar-refractivity contribution in [3.05, 3.63) is 29.8 Å². The number of esters is 1. The molecule has 30 heavy (non-hydrogen) atoms. The van der Waals surface area contributed by atoms with Gasteiger partial charge < -0.3 is 4.74 Å². The molecular weight excluding hydrogens is 400 g/mol. The van der Waals surface area contributed by atoms with Crippen LogP contribution >= 0.6 is 0 Å². The molecule has 0 heterocycles. The van der Waals surface area contributed by atoms with Gasteiger partial charge in [0.1, 0.15) is 11.9 Å². The number of Topliss-reactive ketones (excluding diaryl/α,β-unsaturated/α-hetero) is 1. The number of ketones is 1. The summed E-state index contributed by atoms with van der Waals surface area (Å²) in [5.74, 6) is -1.87. The van der Waals surface area contributed by atoms with Gasteiger partial charge in [0.15, 0.2) is 9.84 Å². The lowest BCUT2D eigenvalue weighted by Gasteiger charge is -2.22. The minimum absolute atomic E-state index is 0.148. The SMILES string of the molecule is CCCCCCCCCCC(=O)[C@@H](CS(=O)(=O)c1ccc(C)cc1)[C@H](C)OC(C)=O. The molecule has 0 aliphatic heterocycles. The van der Waals surface area contributed by atoms with Crippen LogP contribution in [-0.4, -0.2) is 32.0 Å². The van der Waals surface area contributed by atoms with Gasteiger partial charge in [0, 0.05) is 13.3 Å². The fourth-order valence-electron chi connectivity index (χ4n) is 3.53. The van der Waals surface area contributed by atoms with Crippen LogP contribution in [0.2, 0.25) is 0 Å². The number of aryl methyl sites for hydroxylation is 1. The number of unbranched alkanes of at least 4 members (excludes halogenated alkanes) is 7. The summed E-state index contributed by atoms with van der Waals surface area (Å²) < 4.78 is 30.9. The Labute approximate surface area is 182 Å². The largest absolute Gasteiger partial charge is 0.462 e. The van der Waals surface area contributed by atoms with E-state index in [4.69, 9.17) is 4.74 Å². The normalized spacial score (nSPS) is 13.6. The van der Waals surface area contributed by atoms with Crippen molar-refractivity contribution in [2.75, 3.05) is 5.75 Å². The summed E-state index contributed by atoms with van der Waals surface area (Å²) in [6.45, 7) is 6.95. The Morgan fingerprint density at radius 3 is 2.00 bits per heavy atom. The first-order valence-electron chi connectivity index (χ1n) is 11.2. The van der Waals surface area contributed by atoms with Gasteiger partial charge >= 0.3 is 5.97 Å². The Bertz CT molecular complexity index is 752. The zero-order valence-corrected chi connectivity index (χ0v) is 19.8. The number of ether oxygens (including phenoxy) is 1. The highest BCUT2D eigenvalue weighted by molar-refractivity contribution is 7.91. The van der Waals surface area contributed by atoms with Gasteiger partial charge in [-0.1, -0.05) is 69.6 Å². The van der Waals surface area contributed by atoms with Crippen LogP contribution in [0.5, 0.6) is 0 Å². The highest BCUT2D eigenvalue weighted by atomic mass is 32.2. The van der Waals surface area contributed by atoms with Gasteiger partial charge in [-0.25, -0.2) is 8.42 Å². The van der Waals surface area contributed by atoms with Crippen molar-refractivity contribution in [3.63, 3.8) is 0 Å². The average molecular weight is 439 g/mol. The third-order valence-corrected chi connectivity index (χ3v) is 7.18. The van der Waals surface area contributed by atoms with Crippen LogP contribution in [0.25, 0.3) is 0 Å². The van der Waals surface area contributed by atoms with E-state index in [1.807, 2.05) is 6.92 Å². The zero-order chi connectivity index (χ0) is 22.6. The Hall–Kier alpha value is -1.69. The number of hydrogen-bond acceptors (Lipinski definition) is 5. The molecule has 0 aromatic heterocycles. The Kier molecular flexibility index (Phi) is 11.9. The second-order valence-electron chi connectivity index (χ2n) is 8.21. The molecule has 1 aromatic rings. The Morgan fingerprint density at radius 2 is 1.47 bits per heavy atom. The second kappa shape index (κ2) is 13.6. The summed E-state index contributed by atoms with van der Waals surface area (Å²) in [7, 11) is -3.66. The predicted molar refractivity (Wildman–Crippen MR) is 120 cm³/mol. The first-order valence-corrected chi connectivity index (χ1v) is 12.8. The number of sulfone groups is 1. The molecule has 0 bridgehead atoms. The first-order chi connectivity index (χ1) is 14.2. The van der Waals surface area contributed by atoms with Crippen LogP contribution in [0.15, 0.2) is 29.2 Å².